The van der Waals surface area contributed by atoms with Crippen molar-refractivity contribution in [2.75, 3.05) is 7.11 Å². The minimum absolute atomic E-state index is 0.00384. The molecule has 2 heterocycles. The van der Waals surface area contributed by atoms with E-state index in [0.29, 0.717) is 17.3 Å². The quantitative estimate of drug-likeness (QED) is 0.771. The first-order valence-corrected chi connectivity index (χ1v) is 10.2. The summed E-state index contributed by atoms with van der Waals surface area (Å²) in [7, 11) is 1.38. The SMILES string of the molecule is COC(=O)C1=C(C)N=C2SC=C(CC(=O)NC3CC3)N2C1c1ccc(C)cc1. The van der Waals surface area contributed by atoms with E-state index in [-0.39, 0.29) is 18.4 Å². The normalized spacial score (nSPS) is 21.1. The Hall–Kier alpha value is -2.54. The minimum Gasteiger partial charge on any atom is -0.466 e. The number of benzene rings is 1. The largest absolute Gasteiger partial charge is 0.466 e. The molecule has 1 N–H and O–H groups in total. The van der Waals surface area contributed by atoms with Crippen molar-refractivity contribution in [1.29, 1.82) is 0 Å². The number of thioether (sulfide) groups is 1. The molecule has 2 aliphatic heterocycles. The maximum Gasteiger partial charge on any atom is 0.338 e. The number of allylic oxidation sites excluding steroid dienone is 1. The maximum atomic E-state index is 12.6. The fraction of sp³-hybridized carbons (Fsp3) is 0.381. The van der Waals surface area contributed by atoms with E-state index < -0.39 is 5.97 Å². The Morgan fingerprint density at radius 2 is 1.96 bits per heavy atom. The molecule has 1 aliphatic carbocycles. The number of rotatable bonds is 5. The zero-order chi connectivity index (χ0) is 19.8. The Morgan fingerprint density at radius 1 is 1.25 bits per heavy atom. The van der Waals surface area contributed by atoms with Crippen molar-refractivity contribution >= 4 is 28.8 Å². The van der Waals surface area contributed by atoms with Crippen LogP contribution in [0.4, 0.5) is 0 Å². The number of carbonyl (C=O) groups is 2. The second-order valence-electron chi connectivity index (χ2n) is 7.31. The Bertz CT molecular complexity index is 913. The Labute approximate surface area is 168 Å². The molecule has 0 spiro atoms. The highest BCUT2D eigenvalue weighted by molar-refractivity contribution is 8.16. The first kappa shape index (κ1) is 18.8. The minimum atomic E-state index is -0.399. The summed E-state index contributed by atoms with van der Waals surface area (Å²) in [6.07, 6.45) is 2.37. The first-order chi connectivity index (χ1) is 13.5. The lowest BCUT2D eigenvalue weighted by atomic mass is 9.93. The molecule has 0 radical (unpaired) electrons. The number of esters is 1. The lowest BCUT2D eigenvalue weighted by Gasteiger charge is -2.36. The standard InChI is InChI=1S/C21H23N3O3S/c1-12-4-6-14(7-5-12)19-18(20(26)27-3)13(2)22-21-24(19)16(11-28-21)10-17(25)23-15-8-9-15/h4-7,11,15,19H,8-10H2,1-3H3,(H,23,25). The van der Waals surface area contributed by atoms with Crippen LogP contribution >= 0.6 is 11.8 Å². The summed E-state index contributed by atoms with van der Waals surface area (Å²) in [6.45, 7) is 3.86. The van der Waals surface area contributed by atoms with Gasteiger partial charge in [0.05, 0.1) is 30.8 Å². The number of nitrogens with zero attached hydrogens (tertiary/aromatic N) is 2. The summed E-state index contributed by atoms with van der Waals surface area (Å²) in [5, 5.41) is 5.77. The Kier molecular flexibility index (Phi) is 5.02. The van der Waals surface area contributed by atoms with Gasteiger partial charge < -0.3 is 15.0 Å². The van der Waals surface area contributed by atoms with Crippen LogP contribution in [0.1, 0.15) is 43.4 Å². The van der Waals surface area contributed by atoms with Crippen LogP contribution in [0.5, 0.6) is 0 Å². The molecule has 7 heteroatoms. The van der Waals surface area contributed by atoms with Crippen LogP contribution in [0.25, 0.3) is 0 Å². The number of aryl methyl sites for hydroxylation is 1. The highest BCUT2D eigenvalue weighted by Gasteiger charge is 2.41. The number of hydrogen-bond acceptors (Lipinski definition) is 6. The summed E-state index contributed by atoms with van der Waals surface area (Å²) >= 11 is 1.49. The summed E-state index contributed by atoms with van der Waals surface area (Å²) in [4.78, 5) is 31.7. The van der Waals surface area contributed by atoms with Crippen molar-refractivity contribution in [3.8, 4) is 0 Å². The van der Waals surface area contributed by atoms with Gasteiger partial charge in [-0.05, 0) is 37.7 Å². The predicted molar refractivity (Wildman–Crippen MR) is 109 cm³/mol. The van der Waals surface area contributed by atoms with Gasteiger partial charge in [-0.25, -0.2) is 9.79 Å². The van der Waals surface area contributed by atoms with E-state index in [1.165, 1.54) is 18.9 Å². The van der Waals surface area contributed by atoms with Crippen LogP contribution in [0.15, 0.2) is 51.6 Å². The lowest BCUT2D eigenvalue weighted by Crippen LogP contribution is -2.38. The molecule has 1 amide bonds. The van der Waals surface area contributed by atoms with Crippen molar-refractivity contribution in [2.24, 2.45) is 4.99 Å². The first-order valence-electron chi connectivity index (χ1n) is 9.36. The topological polar surface area (TPSA) is 71.0 Å². The molecular weight excluding hydrogens is 374 g/mol. The molecule has 1 fully saturated rings. The molecule has 146 valence electrons. The van der Waals surface area contributed by atoms with Crippen LogP contribution in [-0.2, 0) is 14.3 Å². The van der Waals surface area contributed by atoms with E-state index in [4.69, 9.17) is 4.74 Å². The molecule has 28 heavy (non-hydrogen) atoms. The average molecular weight is 398 g/mol. The molecule has 0 aromatic heterocycles. The summed E-state index contributed by atoms with van der Waals surface area (Å²) < 4.78 is 5.06. The van der Waals surface area contributed by atoms with Gasteiger partial charge in [0, 0.05) is 11.7 Å². The highest BCUT2D eigenvalue weighted by Crippen LogP contribution is 2.44. The Balaban J connectivity index is 1.71. The number of nitrogens with one attached hydrogen (secondary N) is 1. The van der Waals surface area contributed by atoms with Gasteiger partial charge >= 0.3 is 5.97 Å². The molecule has 1 atom stereocenters. The second-order valence-corrected chi connectivity index (χ2v) is 8.15. The molecule has 3 aliphatic rings. The van der Waals surface area contributed by atoms with Gasteiger partial charge in [-0.1, -0.05) is 41.6 Å². The van der Waals surface area contributed by atoms with Crippen LogP contribution in [0.3, 0.4) is 0 Å². The van der Waals surface area contributed by atoms with E-state index in [2.05, 4.69) is 10.3 Å². The van der Waals surface area contributed by atoms with Crippen molar-refractivity contribution in [3.05, 3.63) is 57.8 Å². The zero-order valence-corrected chi connectivity index (χ0v) is 17.0. The summed E-state index contributed by atoms with van der Waals surface area (Å²) in [6, 6.07) is 8.04. The third-order valence-corrected chi connectivity index (χ3v) is 5.97. The monoisotopic (exact) mass is 397 g/mol. The van der Waals surface area contributed by atoms with Crippen molar-refractivity contribution in [1.82, 2.24) is 10.2 Å². The second kappa shape index (κ2) is 7.47. The Morgan fingerprint density at radius 3 is 2.61 bits per heavy atom. The molecular formula is C21H23N3O3S. The molecule has 6 nitrogen and oxygen atoms in total. The molecule has 0 bridgehead atoms. The van der Waals surface area contributed by atoms with Gasteiger partial charge in [-0.3, -0.25) is 4.79 Å². The summed E-state index contributed by atoms with van der Waals surface area (Å²) in [5.74, 6) is -0.395. The van der Waals surface area contributed by atoms with Crippen LogP contribution in [-0.4, -0.2) is 35.1 Å². The van der Waals surface area contributed by atoms with Crippen molar-refractivity contribution < 1.29 is 14.3 Å². The van der Waals surface area contributed by atoms with Gasteiger partial charge in [0.25, 0.3) is 0 Å². The van der Waals surface area contributed by atoms with E-state index in [0.717, 1.165) is 34.8 Å². The fourth-order valence-electron chi connectivity index (χ4n) is 3.48. The number of fused-ring (bicyclic) bond motifs is 1. The third-order valence-electron chi connectivity index (χ3n) is 5.08. The van der Waals surface area contributed by atoms with Crippen molar-refractivity contribution in [3.63, 3.8) is 0 Å². The van der Waals surface area contributed by atoms with Gasteiger partial charge in [-0.15, -0.1) is 0 Å². The van der Waals surface area contributed by atoms with E-state index in [9.17, 15) is 9.59 Å². The number of amides is 1. The third kappa shape index (κ3) is 3.58. The van der Waals surface area contributed by atoms with E-state index >= 15 is 0 Å². The number of methoxy groups -OCH3 is 1. The highest BCUT2D eigenvalue weighted by atomic mass is 32.2. The molecule has 0 saturated heterocycles. The molecule has 4 rings (SSSR count). The number of carbonyl (C=O) groups excluding carboxylic acids is 2. The van der Waals surface area contributed by atoms with Gasteiger partial charge in [0.1, 0.15) is 0 Å². The van der Waals surface area contributed by atoms with Crippen LogP contribution in [0, 0.1) is 6.92 Å². The zero-order valence-electron chi connectivity index (χ0n) is 16.2. The van der Waals surface area contributed by atoms with Crippen molar-refractivity contribution in [2.45, 2.75) is 45.2 Å². The van der Waals surface area contributed by atoms with Gasteiger partial charge in [0.15, 0.2) is 5.17 Å². The van der Waals surface area contributed by atoms with Gasteiger partial charge in [0.2, 0.25) is 5.91 Å². The van der Waals surface area contributed by atoms with E-state index in [1.54, 1.807) is 0 Å². The molecule has 1 unspecified atom stereocenters. The predicted octanol–water partition coefficient (Wildman–Crippen LogP) is 3.41. The number of amidine groups is 1. The fourth-order valence-corrected chi connectivity index (χ4v) is 4.44. The van der Waals surface area contributed by atoms with E-state index in [1.807, 2.05) is 48.4 Å². The summed E-state index contributed by atoms with van der Waals surface area (Å²) in [5.41, 5.74) is 4.11. The molecule has 1 saturated carbocycles. The van der Waals surface area contributed by atoms with Crippen LogP contribution < -0.4 is 5.32 Å². The van der Waals surface area contributed by atoms with Gasteiger partial charge in [-0.2, -0.15) is 0 Å². The molecule has 1 aromatic carbocycles. The maximum absolute atomic E-state index is 12.6. The number of hydrogen-bond donors (Lipinski definition) is 1. The van der Waals surface area contributed by atoms with Crippen LogP contribution in [0.2, 0.25) is 0 Å². The lowest BCUT2D eigenvalue weighted by molar-refractivity contribution is -0.136. The number of ether oxygens (including phenoxy) is 1. The number of aliphatic imine (C=N–C) groups is 1. The smallest absolute Gasteiger partial charge is 0.338 e. The molecule has 1 aromatic rings. The average Bonchev–Trinajstić information content (AvgIpc) is 3.40.